The van der Waals surface area contributed by atoms with Gasteiger partial charge < -0.3 is 9.47 Å². The maximum absolute atomic E-state index is 10.4. The van der Waals surface area contributed by atoms with Crippen molar-refractivity contribution in [2.24, 2.45) is 0 Å². The number of hydrogen-bond acceptors (Lipinski definition) is 4. The van der Waals surface area contributed by atoms with Crippen molar-refractivity contribution in [2.45, 2.75) is 0 Å². The third-order valence-corrected chi connectivity index (χ3v) is 2.21. The molecule has 0 saturated heterocycles. The van der Waals surface area contributed by atoms with Crippen LogP contribution < -0.4 is 9.47 Å². The molecule has 2 rings (SSSR count). The van der Waals surface area contributed by atoms with Crippen LogP contribution in [0.4, 0.5) is 5.69 Å². The van der Waals surface area contributed by atoms with Crippen LogP contribution in [0.1, 0.15) is 0 Å². The average Bonchev–Trinajstić information content (AvgIpc) is 2.51. The number of benzene rings is 1. The van der Waals surface area contributed by atoms with Crippen LogP contribution in [-0.4, -0.2) is 11.7 Å². The van der Waals surface area contributed by atoms with Crippen LogP contribution >= 0.6 is 15.9 Å². The Morgan fingerprint density at radius 3 is 2.92 bits per heavy atom. The summed E-state index contributed by atoms with van der Waals surface area (Å²) in [5.41, 5.74) is -0.0175. The number of rotatable bonds is 1. The van der Waals surface area contributed by atoms with E-state index in [1.54, 1.807) is 0 Å². The van der Waals surface area contributed by atoms with E-state index in [4.69, 9.17) is 9.47 Å². The lowest BCUT2D eigenvalue weighted by Gasteiger charge is -1.98. The van der Waals surface area contributed by atoms with E-state index in [9.17, 15) is 10.1 Å². The largest absolute Gasteiger partial charge is 0.453 e. The van der Waals surface area contributed by atoms with E-state index in [1.807, 2.05) is 0 Å². The van der Waals surface area contributed by atoms with Crippen LogP contribution in [0.25, 0.3) is 0 Å². The fraction of sp³-hybridized carbons (Fsp3) is 0.143. The molecule has 6 heteroatoms. The summed E-state index contributed by atoms with van der Waals surface area (Å²) in [6.45, 7) is 0.106. The predicted octanol–water partition coefficient (Wildman–Crippen LogP) is 2.09. The molecule has 1 aromatic rings. The molecule has 0 unspecified atom stereocenters. The zero-order chi connectivity index (χ0) is 9.42. The standard InChI is InChI=1S/C7H4BrNO4/c8-5-1-4(9(10)11)2-6-7(5)13-3-12-6/h1-2H,3H2. The van der Waals surface area contributed by atoms with Crippen molar-refractivity contribution in [2.75, 3.05) is 6.79 Å². The first-order valence-corrected chi connectivity index (χ1v) is 4.21. The van der Waals surface area contributed by atoms with Crippen LogP contribution in [0, 0.1) is 10.1 Å². The molecule has 0 radical (unpaired) electrons. The van der Waals surface area contributed by atoms with Gasteiger partial charge in [-0.15, -0.1) is 0 Å². The summed E-state index contributed by atoms with van der Waals surface area (Å²) >= 11 is 3.16. The molecule has 1 aliphatic rings. The molecule has 1 aromatic carbocycles. The van der Waals surface area contributed by atoms with Crippen molar-refractivity contribution in [3.8, 4) is 11.5 Å². The van der Waals surface area contributed by atoms with Gasteiger partial charge in [0.05, 0.1) is 15.5 Å². The topological polar surface area (TPSA) is 61.6 Å². The molecule has 0 fully saturated rings. The average molecular weight is 246 g/mol. The zero-order valence-electron chi connectivity index (χ0n) is 6.32. The highest BCUT2D eigenvalue weighted by Crippen LogP contribution is 2.41. The van der Waals surface area contributed by atoms with Crippen molar-refractivity contribution in [1.82, 2.24) is 0 Å². The number of ether oxygens (including phenoxy) is 2. The smallest absolute Gasteiger partial charge is 0.274 e. The Morgan fingerprint density at radius 2 is 2.23 bits per heavy atom. The molecule has 0 amide bonds. The molecule has 0 bridgehead atoms. The number of fused-ring (bicyclic) bond motifs is 1. The number of nitrogens with zero attached hydrogens (tertiary/aromatic N) is 1. The Balaban J connectivity index is 2.55. The second-order valence-electron chi connectivity index (χ2n) is 2.42. The first kappa shape index (κ1) is 8.31. The Kier molecular flexibility index (Phi) is 1.84. The summed E-state index contributed by atoms with van der Waals surface area (Å²) in [5, 5.41) is 10.4. The van der Waals surface area contributed by atoms with E-state index < -0.39 is 4.92 Å². The quantitative estimate of drug-likeness (QED) is 0.562. The number of halogens is 1. The van der Waals surface area contributed by atoms with Gasteiger partial charge >= 0.3 is 0 Å². The van der Waals surface area contributed by atoms with Crippen LogP contribution in [0.3, 0.4) is 0 Å². The summed E-state index contributed by atoms with van der Waals surface area (Å²) in [4.78, 5) is 9.96. The lowest BCUT2D eigenvalue weighted by atomic mass is 10.3. The molecule has 0 aromatic heterocycles. The molecule has 5 nitrogen and oxygen atoms in total. The second kappa shape index (κ2) is 2.88. The van der Waals surface area contributed by atoms with E-state index in [-0.39, 0.29) is 12.5 Å². The maximum Gasteiger partial charge on any atom is 0.274 e. The van der Waals surface area contributed by atoms with Gasteiger partial charge in [-0.3, -0.25) is 10.1 Å². The normalized spacial score (nSPS) is 13.0. The molecular formula is C7H4BrNO4. The van der Waals surface area contributed by atoms with Crippen molar-refractivity contribution >= 4 is 21.6 Å². The number of non-ortho nitro benzene ring substituents is 1. The Hall–Kier alpha value is -1.30. The van der Waals surface area contributed by atoms with E-state index in [0.29, 0.717) is 16.0 Å². The third-order valence-electron chi connectivity index (χ3n) is 1.62. The van der Waals surface area contributed by atoms with Crippen molar-refractivity contribution < 1.29 is 14.4 Å². The zero-order valence-corrected chi connectivity index (χ0v) is 7.91. The maximum atomic E-state index is 10.4. The van der Waals surface area contributed by atoms with Crippen LogP contribution in [0.5, 0.6) is 11.5 Å². The fourth-order valence-corrected chi connectivity index (χ4v) is 1.60. The fourth-order valence-electron chi connectivity index (χ4n) is 1.06. The van der Waals surface area contributed by atoms with E-state index in [1.165, 1.54) is 12.1 Å². The van der Waals surface area contributed by atoms with Gasteiger partial charge in [-0.05, 0) is 15.9 Å². The summed E-state index contributed by atoms with van der Waals surface area (Å²) in [6, 6.07) is 2.72. The molecule has 1 heterocycles. The Labute approximate surface area is 81.5 Å². The molecule has 0 aliphatic carbocycles. The second-order valence-corrected chi connectivity index (χ2v) is 3.27. The summed E-state index contributed by atoms with van der Waals surface area (Å²) in [6.07, 6.45) is 0. The highest BCUT2D eigenvalue weighted by Gasteiger charge is 2.21. The van der Waals surface area contributed by atoms with Crippen LogP contribution in [0.2, 0.25) is 0 Å². The van der Waals surface area contributed by atoms with Gasteiger partial charge in [0.25, 0.3) is 5.69 Å². The number of nitro groups is 1. The lowest BCUT2D eigenvalue weighted by Crippen LogP contribution is -1.93. The Morgan fingerprint density at radius 1 is 1.46 bits per heavy atom. The molecule has 1 aliphatic heterocycles. The van der Waals surface area contributed by atoms with Gasteiger partial charge in [-0.25, -0.2) is 0 Å². The van der Waals surface area contributed by atoms with Crippen LogP contribution in [-0.2, 0) is 0 Å². The highest BCUT2D eigenvalue weighted by atomic mass is 79.9. The van der Waals surface area contributed by atoms with Gasteiger partial charge in [0, 0.05) is 6.07 Å². The van der Waals surface area contributed by atoms with Crippen molar-refractivity contribution in [3.05, 3.63) is 26.7 Å². The minimum Gasteiger partial charge on any atom is -0.453 e. The minimum absolute atomic E-state index is 0.0175. The lowest BCUT2D eigenvalue weighted by molar-refractivity contribution is -0.385. The minimum atomic E-state index is -0.479. The van der Waals surface area contributed by atoms with Crippen molar-refractivity contribution in [3.63, 3.8) is 0 Å². The first-order chi connectivity index (χ1) is 6.18. The van der Waals surface area contributed by atoms with E-state index in [0.717, 1.165) is 0 Å². The molecule has 0 saturated carbocycles. The van der Waals surface area contributed by atoms with Gasteiger partial charge in [0.1, 0.15) is 0 Å². The molecule has 13 heavy (non-hydrogen) atoms. The van der Waals surface area contributed by atoms with E-state index in [2.05, 4.69) is 15.9 Å². The number of hydrogen-bond donors (Lipinski definition) is 0. The van der Waals surface area contributed by atoms with Crippen LogP contribution in [0.15, 0.2) is 16.6 Å². The monoisotopic (exact) mass is 245 g/mol. The third kappa shape index (κ3) is 1.33. The molecule has 68 valence electrons. The number of nitro benzene ring substituents is 1. The van der Waals surface area contributed by atoms with E-state index >= 15 is 0 Å². The van der Waals surface area contributed by atoms with Gasteiger partial charge in [0.15, 0.2) is 11.5 Å². The van der Waals surface area contributed by atoms with Gasteiger partial charge in [-0.2, -0.15) is 0 Å². The molecule has 0 atom stereocenters. The Bertz CT molecular complexity index is 379. The SMILES string of the molecule is O=[N+]([O-])c1cc(Br)c2c(c1)OCO2. The summed E-state index contributed by atoms with van der Waals surface area (Å²) in [7, 11) is 0. The van der Waals surface area contributed by atoms with Crippen molar-refractivity contribution in [1.29, 1.82) is 0 Å². The van der Waals surface area contributed by atoms with Gasteiger partial charge in [-0.1, -0.05) is 0 Å². The summed E-state index contributed by atoms with van der Waals surface area (Å²) in [5.74, 6) is 0.923. The first-order valence-electron chi connectivity index (χ1n) is 3.42. The molecular weight excluding hydrogens is 242 g/mol. The van der Waals surface area contributed by atoms with Gasteiger partial charge in [0.2, 0.25) is 6.79 Å². The molecule has 0 N–H and O–H groups in total. The predicted molar refractivity (Wildman–Crippen MR) is 46.9 cm³/mol. The summed E-state index contributed by atoms with van der Waals surface area (Å²) < 4.78 is 10.6. The molecule has 0 spiro atoms. The highest BCUT2D eigenvalue weighted by molar-refractivity contribution is 9.10.